The van der Waals surface area contributed by atoms with Crippen LogP contribution in [0.3, 0.4) is 0 Å². The number of carboxylic acids is 1. The lowest BCUT2D eigenvalue weighted by atomic mass is 10.1. The van der Waals surface area contributed by atoms with Gasteiger partial charge in [0, 0.05) is 17.3 Å². The summed E-state index contributed by atoms with van der Waals surface area (Å²) >= 11 is 6.13. The van der Waals surface area contributed by atoms with Gasteiger partial charge in [0.05, 0.1) is 10.6 Å². The van der Waals surface area contributed by atoms with Crippen LogP contribution in [0.25, 0.3) is 17.4 Å². The van der Waals surface area contributed by atoms with E-state index in [0.29, 0.717) is 22.0 Å². The normalized spacial score (nSPS) is 11.0. The minimum absolute atomic E-state index is 0.0453. The summed E-state index contributed by atoms with van der Waals surface area (Å²) in [6, 6.07) is 14.9. The molecule has 0 saturated heterocycles. The number of phenolic OH excluding ortho intramolecular Hbond substituents is 1. The molecule has 0 spiro atoms. The number of nitriles is 1. The maximum Gasteiger partial charge on any atom is 0.335 e. The molecule has 1 amide bonds. The number of phenols is 1. The third kappa shape index (κ3) is 4.64. The Balaban J connectivity index is 1.85. The third-order valence-corrected chi connectivity index (χ3v) is 4.21. The highest BCUT2D eigenvalue weighted by Crippen LogP contribution is 2.31. The maximum atomic E-state index is 12.3. The number of nitrogens with zero attached hydrogens (tertiary/aromatic N) is 1. The van der Waals surface area contributed by atoms with Crippen LogP contribution >= 0.6 is 11.6 Å². The van der Waals surface area contributed by atoms with Gasteiger partial charge in [-0.05, 0) is 54.6 Å². The van der Waals surface area contributed by atoms with Gasteiger partial charge in [0.15, 0.2) is 0 Å². The lowest BCUT2D eigenvalue weighted by molar-refractivity contribution is -0.112. The molecule has 0 bridgehead atoms. The molecular weight excluding hydrogens is 396 g/mol. The van der Waals surface area contributed by atoms with Crippen molar-refractivity contribution in [3.8, 4) is 23.1 Å². The van der Waals surface area contributed by atoms with E-state index in [1.807, 2.05) is 0 Å². The Bertz CT molecular complexity index is 1160. The zero-order chi connectivity index (χ0) is 21.0. The number of amides is 1. The minimum atomic E-state index is -1.10. The summed E-state index contributed by atoms with van der Waals surface area (Å²) in [7, 11) is 0. The Morgan fingerprint density at radius 2 is 1.83 bits per heavy atom. The van der Waals surface area contributed by atoms with Gasteiger partial charge in [-0.3, -0.25) is 4.79 Å². The van der Waals surface area contributed by atoms with Crippen molar-refractivity contribution in [1.82, 2.24) is 0 Å². The van der Waals surface area contributed by atoms with Gasteiger partial charge in [-0.15, -0.1) is 0 Å². The van der Waals surface area contributed by atoms with Crippen LogP contribution in [0.2, 0.25) is 5.02 Å². The minimum Gasteiger partial charge on any atom is -0.508 e. The van der Waals surface area contributed by atoms with Crippen molar-refractivity contribution in [2.75, 3.05) is 5.32 Å². The second-order valence-electron chi connectivity index (χ2n) is 5.87. The third-order valence-electron chi connectivity index (χ3n) is 3.88. The summed E-state index contributed by atoms with van der Waals surface area (Å²) in [5, 5.41) is 30.5. The van der Waals surface area contributed by atoms with Gasteiger partial charge in [-0.1, -0.05) is 11.6 Å². The SMILES string of the molecule is N#C/C(=C/c1ccc(-c2cc(C(=O)O)ccc2Cl)o1)C(=O)Nc1ccc(O)cc1. The lowest BCUT2D eigenvalue weighted by Gasteiger charge is -2.04. The van der Waals surface area contributed by atoms with Crippen LogP contribution in [0, 0.1) is 11.3 Å². The molecule has 8 heteroatoms. The summed E-state index contributed by atoms with van der Waals surface area (Å²) in [5.41, 5.74) is 0.623. The Hall–Kier alpha value is -4.02. The summed E-state index contributed by atoms with van der Waals surface area (Å²) in [4.78, 5) is 23.4. The van der Waals surface area contributed by atoms with Gasteiger partial charge in [-0.25, -0.2) is 4.79 Å². The number of nitrogens with one attached hydrogen (secondary N) is 1. The molecule has 3 rings (SSSR count). The number of carbonyl (C=O) groups excluding carboxylic acids is 1. The van der Waals surface area contributed by atoms with Crippen molar-refractivity contribution < 1.29 is 24.2 Å². The average Bonchev–Trinajstić information content (AvgIpc) is 3.16. The number of aromatic carboxylic acids is 1. The van der Waals surface area contributed by atoms with Crippen molar-refractivity contribution in [1.29, 1.82) is 5.26 Å². The van der Waals surface area contributed by atoms with E-state index in [0.717, 1.165) is 0 Å². The quantitative estimate of drug-likeness (QED) is 0.323. The molecule has 1 aromatic heterocycles. The molecule has 2 aromatic carbocycles. The smallest absolute Gasteiger partial charge is 0.335 e. The Morgan fingerprint density at radius 1 is 1.10 bits per heavy atom. The molecule has 144 valence electrons. The monoisotopic (exact) mass is 408 g/mol. The Kier molecular flexibility index (Phi) is 5.67. The van der Waals surface area contributed by atoms with E-state index in [1.54, 1.807) is 12.1 Å². The predicted octanol–water partition coefficient (Wildman–Crippen LogP) is 4.55. The highest BCUT2D eigenvalue weighted by Gasteiger charge is 2.14. The maximum absolute atomic E-state index is 12.3. The molecule has 0 radical (unpaired) electrons. The van der Waals surface area contributed by atoms with E-state index in [9.17, 15) is 20.0 Å². The van der Waals surface area contributed by atoms with Crippen molar-refractivity contribution in [2.45, 2.75) is 0 Å². The first-order chi connectivity index (χ1) is 13.9. The van der Waals surface area contributed by atoms with E-state index in [-0.39, 0.29) is 22.6 Å². The number of furan rings is 1. The number of carboxylic acid groups (broad SMARTS) is 1. The molecule has 0 aliphatic carbocycles. The van der Waals surface area contributed by atoms with E-state index < -0.39 is 11.9 Å². The average molecular weight is 409 g/mol. The number of aromatic hydroxyl groups is 1. The zero-order valence-electron chi connectivity index (χ0n) is 14.7. The molecular formula is C21H13ClN2O5. The van der Waals surface area contributed by atoms with E-state index in [2.05, 4.69) is 5.32 Å². The van der Waals surface area contributed by atoms with Crippen molar-refractivity contribution >= 4 is 35.2 Å². The Morgan fingerprint density at radius 3 is 2.48 bits per heavy atom. The summed E-state index contributed by atoms with van der Waals surface area (Å²) in [6.45, 7) is 0. The predicted molar refractivity (Wildman–Crippen MR) is 106 cm³/mol. The molecule has 0 atom stereocenters. The van der Waals surface area contributed by atoms with Crippen molar-refractivity contribution in [3.05, 3.63) is 76.5 Å². The van der Waals surface area contributed by atoms with Gasteiger partial charge >= 0.3 is 5.97 Å². The molecule has 0 unspecified atom stereocenters. The number of hydrogen-bond donors (Lipinski definition) is 3. The van der Waals surface area contributed by atoms with Crippen LogP contribution < -0.4 is 5.32 Å². The highest BCUT2D eigenvalue weighted by atomic mass is 35.5. The van der Waals surface area contributed by atoms with Crippen LogP contribution in [0.15, 0.2) is 64.6 Å². The molecule has 29 heavy (non-hydrogen) atoms. The fourth-order valence-electron chi connectivity index (χ4n) is 2.46. The fourth-order valence-corrected chi connectivity index (χ4v) is 2.67. The first-order valence-electron chi connectivity index (χ1n) is 8.22. The lowest BCUT2D eigenvalue weighted by Crippen LogP contribution is -2.13. The zero-order valence-corrected chi connectivity index (χ0v) is 15.5. The molecule has 0 fully saturated rings. The van der Waals surface area contributed by atoms with Gasteiger partial charge in [0.1, 0.15) is 28.9 Å². The number of anilines is 1. The second-order valence-corrected chi connectivity index (χ2v) is 6.28. The molecule has 3 N–H and O–H groups in total. The summed E-state index contributed by atoms with van der Waals surface area (Å²) in [6.07, 6.45) is 1.26. The van der Waals surface area contributed by atoms with Gasteiger partial charge < -0.3 is 19.9 Å². The summed E-state index contributed by atoms with van der Waals surface area (Å²) in [5.74, 6) is -1.20. The number of halogens is 1. The summed E-state index contributed by atoms with van der Waals surface area (Å²) < 4.78 is 5.62. The molecule has 1 heterocycles. The number of rotatable bonds is 5. The number of carbonyl (C=O) groups is 2. The van der Waals surface area contributed by atoms with Gasteiger partial charge in [-0.2, -0.15) is 5.26 Å². The van der Waals surface area contributed by atoms with Crippen LogP contribution in [0.5, 0.6) is 5.75 Å². The number of hydrogen-bond acceptors (Lipinski definition) is 5. The van der Waals surface area contributed by atoms with Crippen LogP contribution in [0.4, 0.5) is 5.69 Å². The first kappa shape index (κ1) is 19.7. The van der Waals surface area contributed by atoms with Crippen molar-refractivity contribution in [3.63, 3.8) is 0 Å². The number of benzene rings is 2. The van der Waals surface area contributed by atoms with E-state index in [1.165, 1.54) is 54.6 Å². The topological polar surface area (TPSA) is 124 Å². The first-order valence-corrected chi connectivity index (χ1v) is 8.60. The van der Waals surface area contributed by atoms with E-state index >= 15 is 0 Å². The standard InChI is InChI=1S/C21H13ClN2O5/c22-18-7-1-12(21(27)28)10-17(18)19-8-6-16(29-19)9-13(11-23)20(26)24-14-2-4-15(25)5-3-14/h1-10,25H,(H,24,26)(H,27,28)/b13-9-. The fraction of sp³-hybridized carbons (Fsp3) is 0. The Labute approximate surface area is 170 Å². The molecule has 0 saturated carbocycles. The van der Waals surface area contributed by atoms with Crippen LogP contribution in [-0.4, -0.2) is 22.1 Å². The highest BCUT2D eigenvalue weighted by molar-refractivity contribution is 6.33. The molecule has 7 nitrogen and oxygen atoms in total. The largest absolute Gasteiger partial charge is 0.508 e. The van der Waals surface area contributed by atoms with Crippen LogP contribution in [-0.2, 0) is 4.79 Å². The van der Waals surface area contributed by atoms with Gasteiger partial charge in [0.25, 0.3) is 5.91 Å². The molecule has 0 aliphatic rings. The van der Waals surface area contributed by atoms with Crippen LogP contribution in [0.1, 0.15) is 16.1 Å². The molecule has 0 aliphatic heterocycles. The molecule has 3 aromatic rings. The second kappa shape index (κ2) is 8.33. The van der Waals surface area contributed by atoms with Crippen molar-refractivity contribution in [2.24, 2.45) is 0 Å². The van der Waals surface area contributed by atoms with E-state index in [4.69, 9.17) is 21.1 Å². The van der Waals surface area contributed by atoms with Gasteiger partial charge in [0.2, 0.25) is 0 Å².